The normalized spacial score (nSPS) is 27.2. The molecule has 3 heterocycles. The summed E-state index contributed by atoms with van der Waals surface area (Å²) in [5.74, 6) is 0. The maximum atomic E-state index is 11.6. The summed E-state index contributed by atoms with van der Waals surface area (Å²) in [5, 5.41) is 0. The standard InChI is InChI=1S/C15H36N5O9P3/c21-30(22,23)13-18-7-1-16-2-8-19(14-31(24,25)26)11-5-17(4-10-18)6-12-20(9-3-16)15-32(27,28)29/h1-15H2,(H2,21,22,23)(H2,24,25,26)(H2,27,28,29). The second-order valence-electron chi connectivity index (χ2n) is 8.46. The minimum absolute atomic E-state index is 0.344. The quantitative estimate of drug-likeness (QED) is 0.208. The van der Waals surface area contributed by atoms with Crippen molar-refractivity contribution in [1.29, 1.82) is 0 Å². The van der Waals surface area contributed by atoms with Crippen LogP contribution in [0.1, 0.15) is 0 Å². The van der Waals surface area contributed by atoms with Gasteiger partial charge in [-0.3, -0.25) is 38.2 Å². The Bertz CT molecular complexity index is 610. The summed E-state index contributed by atoms with van der Waals surface area (Å²) in [6, 6.07) is 0. The third-order valence-corrected chi connectivity index (χ3v) is 7.85. The lowest BCUT2D eigenvalue weighted by molar-refractivity contribution is 0.112. The Kier molecular flexibility index (Phi) is 10.9. The Hall–Kier alpha value is 0.250. The van der Waals surface area contributed by atoms with Crippen molar-refractivity contribution in [2.75, 3.05) is 97.4 Å². The first-order valence-electron chi connectivity index (χ1n) is 10.4. The van der Waals surface area contributed by atoms with E-state index in [1.165, 1.54) is 0 Å². The summed E-state index contributed by atoms with van der Waals surface area (Å²) in [6.45, 7) is 5.19. The predicted octanol–water partition coefficient (Wildman–Crippen LogP) is -2.07. The lowest BCUT2D eigenvalue weighted by atomic mass is 10.3. The van der Waals surface area contributed by atoms with Crippen LogP contribution in [0.15, 0.2) is 0 Å². The van der Waals surface area contributed by atoms with Crippen molar-refractivity contribution < 1.29 is 43.1 Å². The van der Waals surface area contributed by atoms with Crippen molar-refractivity contribution in [3.8, 4) is 0 Å². The first-order valence-corrected chi connectivity index (χ1v) is 15.8. The van der Waals surface area contributed by atoms with Gasteiger partial charge in [0.15, 0.2) is 0 Å². The van der Waals surface area contributed by atoms with Gasteiger partial charge in [0.1, 0.15) is 18.9 Å². The van der Waals surface area contributed by atoms with Gasteiger partial charge in [-0.2, -0.15) is 0 Å². The van der Waals surface area contributed by atoms with E-state index in [1.54, 1.807) is 14.7 Å². The maximum Gasteiger partial charge on any atom is 0.339 e. The Labute approximate surface area is 188 Å². The van der Waals surface area contributed by atoms with Gasteiger partial charge in [-0.25, -0.2) is 0 Å². The van der Waals surface area contributed by atoms with Crippen LogP contribution in [-0.4, -0.2) is 151 Å². The van der Waals surface area contributed by atoms with Gasteiger partial charge in [0.25, 0.3) is 0 Å². The zero-order valence-electron chi connectivity index (χ0n) is 18.1. The minimum Gasteiger partial charge on any atom is -0.324 e. The van der Waals surface area contributed by atoms with Crippen LogP contribution in [-0.2, 0) is 13.7 Å². The highest BCUT2D eigenvalue weighted by Crippen LogP contribution is 2.36. The van der Waals surface area contributed by atoms with E-state index in [4.69, 9.17) is 0 Å². The lowest BCUT2D eigenvalue weighted by Crippen LogP contribution is -2.50. The predicted molar refractivity (Wildman–Crippen MR) is 118 cm³/mol. The van der Waals surface area contributed by atoms with Crippen LogP contribution in [0.3, 0.4) is 0 Å². The highest BCUT2D eigenvalue weighted by atomic mass is 31.2. The van der Waals surface area contributed by atoms with Crippen molar-refractivity contribution in [3.63, 3.8) is 0 Å². The molecular weight excluding hydrogens is 487 g/mol. The van der Waals surface area contributed by atoms with E-state index in [0.717, 1.165) is 0 Å². The van der Waals surface area contributed by atoms with Crippen LogP contribution in [0.25, 0.3) is 0 Å². The Morgan fingerprint density at radius 2 is 0.594 bits per heavy atom. The van der Waals surface area contributed by atoms with Gasteiger partial charge in [0, 0.05) is 78.5 Å². The van der Waals surface area contributed by atoms with E-state index in [0.29, 0.717) is 78.5 Å². The summed E-state index contributed by atoms with van der Waals surface area (Å²) >= 11 is 0. The van der Waals surface area contributed by atoms with Gasteiger partial charge in [-0.1, -0.05) is 0 Å². The van der Waals surface area contributed by atoms with Crippen LogP contribution in [0, 0.1) is 0 Å². The Morgan fingerprint density at radius 1 is 0.406 bits per heavy atom. The molecule has 14 nitrogen and oxygen atoms in total. The first-order chi connectivity index (χ1) is 14.7. The van der Waals surface area contributed by atoms with Gasteiger partial charge in [-0.05, 0) is 0 Å². The molecule has 3 rings (SSSR count). The van der Waals surface area contributed by atoms with Gasteiger partial charge >= 0.3 is 22.8 Å². The monoisotopic (exact) mass is 523 g/mol. The number of hydrogen-bond donors (Lipinski definition) is 6. The van der Waals surface area contributed by atoms with Crippen LogP contribution in [0.5, 0.6) is 0 Å². The molecule has 0 saturated carbocycles. The van der Waals surface area contributed by atoms with E-state index in [2.05, 4.69) is 0 Å². The van der Waals surface area contributed by atoms with Gasteiger partial charge in [0.05, 0.1) is 0 Å². The van der Waals surface area contributed by atoms with Crippen molar-refractivity contribution in [3.05, 3.63) is 0 Å². The minimum atomic E-state index is -4.23. The van der Waals surface area contributed by atoms with Crippen LogP contribution in [0.2, 0.25) is 0 Å². The molecule has 32 heavy (non-hydrogen) atoms. The zero-order valence-corrected chi connectivity index (χ0v) is 20.8. The molecule has 0 aliphatic carbocycles. The summed E-state index contributed by atoms with van der Waals surface area (Å²) in [4.78, 5) is 65.8. The second kappa shape index (κ2) is 12.3. The molecule has 0 spiro atoms. The van der Waals surface area contributed by atoms with Crippen molar-refractivity contribution in [2.24, 2.45) is 0 Å². The number of rotatable bonds is 6. The fourth-order valence-corrected chi connectivity index (χ4v) is 6.32. The zero-order chi connectivity index (χ0) is 24.0. The van der Waals surface area contributed by atoms with Crippen molar-refractivity contribution in [1.82, 2.24) is 24.5 Å². The number of hydrogen-bond acceptors (Lipinski definition) is 8. The molecule has 2 bridgehead atoms. The highest BCUT2D eigenvalue weighted by molar-refractivity contribution is 7.52. The SMILES string of the molecule is O=P(O)(O)CN1CCN2CCN(CP(=O)(O)O)CCN(CC1)CCN(CP(=O)(O)O)CC2. The Balaban J connectivity index is 2.22. The summed E-state index contributed by atoms with van der Waals surface area (Å²) in [6.07, 6.45) is -1.03. The molecule has 17 heteroatoms. The van der Waals surface area contributed by atoms with E-state index in [9.17, 15) is 43.1 Å². The third-order valence-electron chi connectivity index (χ3n) is 5.55. The Morgan fingerprint density at radius 3 is 0.750 bits per heavy atom. The van der Waals surface area contributed by atoms with Gasteiger partial charge < -0.3 is 29.4 Å². The van der Waals surface area contributed by atoms with E-state index in [-0.39, 0.29) is 18.9 Å². The molecular formula is C15H36N5O9P3. The van der Waals surface area contributed by atoms with Crippen LogP contribution < -0.4 is 0 Å². The first kappa shape index (κ1) is 28.5. The molecule has 3 aliphatic heterocycles. The summed E-state index contributed by atoms with van der Waals surface area (Å²) in [5.41, 5.74) is 0. The second-order valence-corrected chi connectivity index (χ2v) is 13.3. The molecule has 190 valence electrons. The molecule has 0 atom stereocenters. The molecule has 0 aromatic rings. The molecule has 0 unspecified atom stereocenters. The summed E-state index contributed by atoms with van der Waals surface area (Å²) < 4.78 is 34.7. The molecule has 3 fully saturated rings. The maximum absolute atomic E-state index is 11.6. The average Bonchev–Trinajstić information content (AvgIpc) is 2.59. The molecule has 0 amide bonds. The number of nitrogens with zero attached hydrogens (tertiary/aromatic N) is 5. The van der Waals surface area contributed by atoms with Crippen LogP contribution >= 0.6 is 22.8 Å². The number of fused-ring (bicyclic) bond motifs is 12. The summed E-state index contributed by atoms with van der Waals surface area (Å²) in [7, 11) is -12.7. The fourth-order valence-electron chi connectivity index (χ4n) is 3.91. The van der Waals surface area contributed by atoms with Crippen molar-refractivity contribution >= 4 is 22.8 Å². The largest absolute Gasteiger partial charge is 0.339 e. The van der Waals surface area contributed by atoms with Gasteiger partial charge in [-0.15, -0.1) is 0 Å². The van der Waals surface area contributed by atoms with E-state index in [1.807, 2.05) is 9.80 Å². The van der Waals surface area contributed by atoms with Gasteiger partial charge in [0.2, 0.25) is 0 Å². The van der Waals surface area contributed by atoms with E-state index < -0.39 is 22.8 Å². The molecule has 3 saturated heterocycles. The van der Waals surface area contributed by atoms with Crippen LogP contribution in [0.4, 0.5) is 0 Å². The lowest BCUT2D eigenvalue weighted by Gasteiger charge is -2.37. The van der Waals surface area contributed by atoms with Crippen molar-refractivity contribution in [2.45, 2.75) is 0 Å². The molecule has 0 aromatic carbocycles. The molecule has 0 radical (unpaired) electrons. The smallest absolute Gasteiger partial charge is 0.324 e. The fraction of sp³-hybridized carbons (Fsp3) is 1.00. The topological polar surface area (TPSA) is 189 Å². The molecule has 3 aliphatic rings. The highest BCUT2D eigenvalue weighted by Gasteiger charge is 2.26. The molecule has 6 N–H and O–H groups in total. The van der Waals surface area contributed by atoms with E-state index >= 15 is 0 Å². The molecule has 0 aromatic heterocycles. The average molecular weight is 523 g/mol. The third kappa shape index (κ3) is 12.6.